The highest BCUT2D eigenvalue weighted by Gasteiger charge is 2.33. The van der Waals surface area contributed by atoms with E-state index in [0.29, 0.717) is 25.3 Å². The molecule has 1 N–H and O–H groups in total. The maximum atomic E-state index is 12.4. The number of hydrogen-bond donors (Lipinski definition) is 1. The zero-order valence-corrected chi connectivity index (χ0v) is 16.8. The number of nitrogens with one attached hydrogen (secondary N) is 1. The summed E-state index contributed by atoms with van der Waals surface area (Å²) in [6, 6.07) is 9.92. The van der Waals surface area contributed by atoms with Crippen LogP contribution in [0.4, 0.5) is 4.79 Å². The molecule has 0 radical (unpaired) electrons. The van der Waals surface area contributed by atoms with Crippen LogP contribution in [0.25, 0.3) is 0 Å². The van der Waals surface area contributed by atoms with E-state index < -0.39 is 17.6 Å². The highest BCUT2D eigenvalue weighted by Crippen LogP contribution is 2.26. The van der Waals surface area contributed by atoms with Gasteiger partial charge in [-0.25, -0.2) is 4.79 Å². The number of nitrogens with zero attached hydrogens (tertiary/aromatic N) is 1. The zero-order chi connectivity index (χ0) is 20.0. The average Bonchev–Trinajstić information content (AvgIpc) is 2.61. The van der Waals surface area contributed by atoms with Crippen LogP contribution in [-0.2, 0) is 14.3 Å². The molecule has 0 saturated heterocycles. The molecule has 1 aliphatic heterocycles. The first-order valence-corrected chi connectivity index (χ1v) is 9.40. The van der Waals surface area contributed by atoms with Crippen LogP contribution in [0.5, 0.6) is 0 Å². The molecule has 1 aromatic rings. The standard InChI is InChI=1S/C21H30N2O4/c1-6-26-19(24)17-12-13-23(20(25)27-21(3,4)5)14-18(17)22-15(2)16-10-8-7-9-11-16/h7-11,14-15,17,22H,6,12-13H2,1-5H3/t15-,17?/m1/s1. The molecule has 6 heteroatoms. The van der Waals surface area contributed by atoms with Gasteiger partial charge in [0.25, 0.3) is 0 Å². The van der Waals surface area contributed by atoms with Gasteiger partial charge in [0.05, 0.1) is 12.5 Å². The fraction of sp³-hybridized carbons (Fsp3) is 0.524. The van der Waals surface area contributed by atoms with Gasteiger partial charge < -0.3 is 14.8 Å². The van der Waals surface area contributed by atoms with Crippen molar-refractivity contribution >= 4 is 12.1 Å². The van der Waals surface area contributed by atoms with Crippen LogP contribution in [0.2, 0.25) is 0 Å². The van der Waals surface area contributed by atoms with E-state index in [-0.39, 0.29) is 12.0 Å². The van der Waals surface area contributed by atoms with Crippen molar-refractivity contribution in [1.82, 2.24) is 10.2 Å². The second kappa shape index (κ2) is 8.93. The van der Waals surface area contributed by atoms with E-state index in [1.807, 2.05) is 58.0 Å². The monoisotopic (exact) mass is 374 g/mol. The van der Waals surface area contributed by atoms with E-state index in [1.165, 1.54) is 4.90 Å². The molecule has 6 nitrogen and oxygen atoms in total. The van der Waals surface area contributed by atoms with Crippen LogP contribution in [0.3, 0.4) is 0 Å². The van der Waals surface area contributed by atoms with E-state index in [1.54, 1.807) is 13.1 Å². The smallest absolute Gasteiger partial charge is 0.414 e. The van der Waals surface area contributed by atoms with Crippen molar-refractivity contribution in [2.24, 2.45) is 5.92 Å². The summed E-state index contributed by atoms with van der Waals surface area (Å²) in [5, 5.41) is 3.38. The molecule has 2 atom stereocenters. The van der Waals surface area contributed by atoms with E-state index >= 15 is 0 Å². The highest BCUT2D eigenvalue weighted by atomic mass is 16.6. The highest BCUT2D eigenvalue weighted by molar-refractivity contribution is 5.77. The van der Waals surface area contributed by atoms with Gasteiger partial charge in [0.2, 0.25) is 0 Å². The number of rotatable bonds is 5. The molecule has 0 fully saturated rings. The lowest BCUT2D eigenvalue weighted by molar-refractivity contribution is -0.147. The van der Waals surface area contributed by atoms with Crippen LogP contribution < -0.4 is 5.32 Å². The minimum absolute atomic E-state index is 0.0204. The summed E-state index contributed by atoms with van der Waals surface area (Å²) < 4.78 is 10.7. The molecule has 148 valence electrons. The van der Waals surface area contributed by atoms with E-state index in [4.69, 9.17) is 9.47 Å². The Morgan fingerprint density at radius 2 is 1.93 bits per heavy atom. The van der Waals surface area contributed by atoms with Gasteiger partial charge in [-0.1, -0.05) is 30.3 Å². The molecule has 0 aliphatic carbocycles. The first-order chi connectivity index (χ1) is 12.7. The SMILES string of the molecule is CCOC(=O)C1CCN(C(=O)OC(C)(C)C)C=C1N[C@H](C)c1ccccc1. The van der Waals surface area contributed by atoms with E-state index in [2.05, 4.69) is 5.32 Å². The Morgan fingerprint density at radius 1 is 1.26 bits per heavy atom. The van der Waals surface area contributed by atoms with Crippen molar-refractivity contribution in [3.63, 3.8) is 0 Å². The van der Waals surface area contributed by atoms with Gasteiger partial charge in [0, 0.05) is 24.5 Å². The van der Waals surface area contributed by atoms with E-state index in [9.17, 15) is 9.59 Å². The normalized spacial score (nSPS) is 18.3. The lowest BCUT2D eigenvalue weighted by Crippen LogP contribution is -2.42. The molecule has 1 unspecified atom stereocenters. The van der Waals surface area contributed by atoms with Crippen LogP contribution in [0.15, 0.2) is 42.2 Å². The summed E-state index contributed by atoms with van der Waals surface area (Å²) in [4.78, 5) is 26.3. The molecule has 1 amide bonds. The molecule has 0 bridgehead atoms. The number of amides is 1. The van der Waals surface area contributed by atoms with Gasteiger partial charge in [-0.15, -0.1) is 0 Å². The Morgan fingerprint density at radius 3 is 2.52 bits per heavy atom. The summed E-state index contributed by atoms with van der Waals surface area (Å²) in [6.07, 6.45) is 1.74. The van der Waals surface area contributed by atoms with Crippen molar-refractivity contribution in [2.45, 2.75) is 52.7 Å². The number of carbonyl (C=O) groups is 2. The number of benzene rings is 1. The maximum Gasteiger partial charge on any atom is 0.414 e. The number of hydrogen-bond acceptors (Lipinski definition) is 5. The van der Waals surface area contributed by atoms with Crippen molar-refractivity contribution in [3.8, 4) is 0 Å². The number of esters is 1. The first kappa shape index (κ1) is 20.8. The quantitative estimate of drug-likeness (QED) is 0.789. The summed E-state index contributed by atoms with van der Waals surface area (Å²) in [5.41, 5.74) is 1.19. The second-order valence-corrected chi connectivity index (χ2v) is 7.63. The Hall–Kier alpha value is -2.50. The molecular formula is C21H30N2O4. The molecule has 1 aromatic carbocycles. The Kier molecular flexibility index (Phi) is 6.88. The van der Waals surface area contributed by atoms with Crippen molar-refractivity contribution in [3.05, 3.63) is 47.8 Å². The van der Waals surface area contributed by atoms with Gasteiger partial charge in [0.1, 0.15) is 5.60 Å². The van der Waals surface area contributed by atoms with Crippen LogP contribution in [0.1, 0.15) is 52.6 Å². The van der Waals surface area contributed by atoms with Gasteiger partial charge in [-0.3, -0.25) is 9.69 Å². The molecule has 1 aliphatic rings. The third kappa shape index (κ3) is 6.01. The molecule has 0 saturated carbocycles. The minimum Gasteiger partial charge on any atom is -0.465 e. The second-order valence-electron chi connectivity index (χ2n) is 7.63. The largest absolute Gasteiger partial charge is 0.465 e. The summed E-state index contributed by atoms with van der Waals surface area (Å²) in [6.45, 7) is 10.0. The van der Waals surface area contributed by atoms with Crippen LogP contribution in [0, 0.1) is 5.92 Å². The van der Waals surface area contributed by atoms with Crippen molar-refractivity contribution in [1.29, 1.82) is 0 Å². The molecular weight excluding hydrogens is 344 g/mol. The Balaban J connectivity index is 2.22. The average molecular weight is 374 g/mol. The molecule has 1 heterocycles. The van der Waals surface area contributed by atoms with Crippen LogP contribution in [-0.4, -0.2) is 35.7 Å². The third-order valence-corrected chi connectivity index (χ3v) is 4.21. The predicted molar refractivity (Wildman–Crippen MR) is 104 cm³/mol. The fourth-order valence-corrected chi connectivity index (χ4v) is 2.91. The molecule has 0 spiro atoms. The summed E-state index contributed by atoms with van der Waals surface area (Å²) in [5.74, 6) is -0.699. The lowest BCUT2D eigenvalue weighted by Gasteiger charge is -2.33. The van der Waals surface area contributed by atoms with Gasteiger partial charge >= 0.3 is 12.1 Å². The first-order valence-electron chi connectivity index (χ1n) is 9.40. The maximum absolute atomic E-state index is 12.4. The number of ether oxygens (including phenoxy) is 2. The number of carbonyl (C=O) groups excluding carboxylic acids is 2. The zero-order valence-electron chi connectivity index (χ0n) is 16.8. The van der Waals surface area contributed by atoms with Gasteiger partial charge in [-0.2, -0.15) is 0 Å². The Bertz CT molecular complexity index is 679. The van der Waals surface area contributed by atoms with E-state index in [0.717, 1.165) is 5.56 Å². The fourth-order valence-electron chi connectivity index (χ4n) is 2.91. The van der Waals surface area contributed by atoms with Crippen molar-refractivity contribution < 1.29 is 19.1 Å². The summed E-state index contributed by atoms with van der Waals surface area (Å²) >= 11 is 0. The van der Waals surface area contributed by atoms with Gasteiger partial charge in [0.15, 0.2) is 0 Å². The Labute approximate surface area is 161 Å². The minimum atomic E-state index is -0.576. The van der Waals surface area contributed by atoms with Crippen molar-refractivity contribution in [2.75, 3.05) is 13.2 Å². The molecule has 0 aromatic heterocycles. The topological polar surface area (TPSA) is 67.9 Å². The molecule has 2 rings (SSSR count). The van der Waals surface area contributed by atoms with Gasteiger partial charge in [-0.05, 0) is 46.6 Å². The lowest BCUT2D eigenvalue weighted by atomic mass is 9.97. The predicted octanol–water partition coefficient (Wildman–Crippen LogP) is 4.00. The molecule has 27 heavy (non-hydrogen) atoms. The summed E-state index contributed by atoms with van der Waals surface area (Å²) in [7, 11) is 0. The third-order valence-electron chi connectivity index (χ3n) is 4.21. The van der Waals surface area contributed by atoms with Crippen LogP contribution >= 0.6 is 0 Å².